The first-order chi connectivity index (χ1) is 42.9. The molecule has 0 radical (unpaired) electrons. The molecule has 35 heteroatoms. The third-order valence-corrected chi connectivity index (χ3v) is 11.9. The number of esters is 11. The van der Waals surface area contributed by atoms with Crippen molar-refractivity contribution in [3.63, 3.8) is 0 Å². The molecule has 8 N–H and O–H groups in total. The summed E-state index contributed by atoms with van der Waals surface area (Å²) in [5.41, 5.74) is 12.9. The quantitative estimate of drug-likeness (QED) is 0.0404. The van der Waals surface area contributed by atoms with Crippen LogP contribution in [-0.2, 0) is 100 Å². The van der Waals surface area contributed by atoms with E-state index < -0.39 is 171 Å². The molecule has 0 spiro atoms. The molecular weight excluding hydrogens is 1920 g/mol. The second kappa shape index (κ2) is 43.1. The van der Waals surface area contributed by atoms with E-state index in [0.717, 1.165) is 11.1 Å². The van der Waals surface area contributed by atoms with E-state index in [9.17, 15) is 65.2 Å². The molecule has 0 aliphatic carbocycles. The van der Waals surface area contributed by atoms with Crippen LogP contribution in [0.2, 0.25) is 0 Å². The van der Waals surface area contributed by atoms with Crippen LogP contribution in [0.1, 0.15) is 127 Å². The van der Waals surface area contributed by atoms with E-state index in [4.69, 9.17) is 47.0 Å². The molecule has 2 aromatic rings. The molecule has 5 aliphatic rings. The molecule has 5 fully saturated rings. The Morgan fingerprint density at radius 2 is 0.946 bits per heavy atom. The van der Waals surface area contributed by atoms with Crippen LogP contribution < -0.4 is 70.7 Å². The molecule has 0 bridgehead atoms. The topological polar surface area (TPSA) is 439 Å². The first-order valence-electron chi connectivity index (χ1n) is 27.2. The van der Waals surface area contributed by atoms with Gasteiger partial charge < -0.3 is 65.3 Å². The average molecular weight is 2000 g/mol. The first-order valence-corrected chi connectivity index (χ1v) is 48.7. The number of ether oxygens (including phenoxy) is 8. The van der Waals surface area contributed by atoms with Crippen molar-refractivity contribution in [2.24, 2.45) is 43.4 Å². The number of carboxylic acids is 2. The summed E-state index contributed by atoms with van der Waals surface area (Å²) in [6, 6.07) is 16.2. The van der Waals surface area contributed by atoms with Crippen molar-refractivity contribution in [2.75, 3.05) is 4.93 Å². The molecule has 28 nitrogen and oxygen atoms in total. The van der Waals surface area contributed by atoms with Crippen molar-refractivity contribution < 1.29 is 167 Å². The Kier molecular flexibility index (Phi) is 41.1. The SMILES string of the molecule is C.CC(C)(C)C(=O)OC(=O)C1CC(C)(N=Cc2ccccc2)C(=O)O1.CC(C)(C)C(=O)OC(=O)C1CC(N)C(=O)O1.CC(C)(C)C(=O)OC(=O)C1CC(N=Cc2ccccc2)C(=O)O1.CC1(N)CC(C(=O)O)OC1=O.C[I-]I.F[I-]I.NC1CC(C(=O)O)OC1=O.[2H][I-]I. The van der Waals surface area contributed by atoms with Crippen molar-refractivity contribution in [1.29, 1.82) is 0.594 Å². The molecule has 5 saturated heterocycles. The predicted octanol–water partition coefficient (Wildman–Crippen LogP) is -3.61. The van der Waals surface area contributed by atoms with Gasteiger partial charge in [-0.1, -0.05) is 68.1 Å². The van der Waals surface area contributed by atoms with Gasteiger partial charge in [-0.3, -0.25) is 38.8 Å². The summed E-state index contributed by atoms with van der Waals surface area (Å²) in [4.78, 5) is 157. The Bertz CT molecular complexity index is 2970. The van der Waals surface area contributed by atoms with E-state index in [0.29, 0.717) is 17.2 Å². The maximum absolute atomic E-state index is 12.1. The van der Waals surface area contributed by atoms with Gasteiger partial charge in [-0.05, 0) is 87.3 Å². The fourth-order valence-electron chi connectivity index (χ4n) is 6.63. The molecule has 5 heterocycles. The van der Waals surface area contributed by atoms with Crippen molar-refractivity contribution in [2.45, 2.75) is 175 Å². The molecule has 10 atom stereocenters. The molecule has 93 heavy (non-hydrogen) atoms. The zero-order valence-electron chi connectivity index (χ0n) is 52.8. The Hall–Kier alpha value is -4.32. The fourth-order valence-corrected chi connectivity index (χ4v) is 6.63. The Labute approximate surface area is 602 Å². The number of benzene rings is 2. The van der Waals surface area contributed by atoms with Crippen LogP contribution in [0.25, 0.3) is 0 Å². The summed E-state index contributed by atoms with van der Waals surface area (Å²) >= 11 is 5.62. The number of carboxylic acid groups (broad SMARTS) is 2. The molecule has 0 amide bonds. The summed E-state index contributed by atoms with van der Waals surface area (Å²) < 4.78 is 54.3. The van der Waals surface area contributed by atoms with Crippen LogP contribution in [0.5, 0.6) is 0 Å². The van der Waals surface area contributed by atoms with Gasteiger partial charge in [0.15, 0.2) is 11.6 Å². The van der Waals surface area contributed by atoms with E-state index in [1.807, 2.05) is 60.7 Å². The molecule has 526 valence electrons. The number of alkyl halides is 1. The number of aliphatic carboxylic acids is 2. The molecular formula is C58H79FI6N5O23-3. The molecule has 10 unspecified atom stereocenters. The van der Waals surface area contributed by atoms with Crippen LogP contribution in [0, 0.1) is 16.2 Å². The first kappa shape index (κ1) is 88.7. The van der Waals surface area contributed by atoms with Crippen LogP contribution in [0.15, 0.2) is 70.6 Å². The zero-order valence-corrected chi connectivity index (χ0v) is 64.8. The van der Waals surface area contributed by atoms with Gasteiger partial charge in [-0.25, -0.2) is 33.6 Å². The number of nitrogens with two attached hydrogens (primary N) is 3. The standard InChI is InChI=1S/C18H21NO5.C17H19NO5.C10H15NO5.C6H9NO4.C5H7NO4.CH3I2.CH4.FI2.HI2/c1-17(2,3)15(21)24-14(20)13-10-18(4,16(22)23-13)19-11-12-8-6-5-7-9-12;1-17(2,3)16(21)23-15(20)13-9-12(14(19)22-13)18-10-11-7-5-4-6-8-11;1-10(2,3)9(14)16-8(13)6-4-5(11)7(12)15-6;1-6(7)2-3(4(8)9)11-5(6)10;6-2-1-3(4(7)8)10-5(2)9;1-3-2;;1-3-2;1-2/h5-9,11,13H,10H2,1-4H3;4-8,10,12-13H,9H2,1-3H3;5-6H,4,11H2,1-3H3;3H,2,7H2,1H3,(H,8,9);2-3H,1,6H2,(H,7,8);1H3;1H4;;1H/q;;;;;-1;;2*-1/i;;;;;;;;1D. The molecule has 0 saturated carbocycles. The summed E-state index contributed by atoms with van der Waals surface area (Å²) in [5.74, 6) is -9.97. The number of aliphatic imine (C=N–C) groups is 2. The van der Waals surface area contributed by atoms with Crippen LogP contribution in [0.4, 0.5) is 2.86 Å². The van der Waals surface area contributed by atoms with E-state index >= 15 is 0 Å². The van der Waals surface area contributed by atoms with Crippen LogP contribution in [-0.4, -0.2) is 165 Å². The average Bonchev–Trinajstić information content (AvgIpc) is 1.67. The third kappa shape index (κ3) is 33.5. The monoisotopic (exact) mass is 1990 g/mol. The Morgan fingerprint density at radius 1 is 0.613 bits per heavy atom. The van der Waals surface area contributed by atoms with Gasteiger partial charge in [0.05, 0.1) is 16.2 Å². The maximum atomic E-state index is 12.1. The number of nitrogens with zero attached hydrogens (tertiary/aromatic N) is 2. The summed E-state index contributed by atoms with van der Waals surface area (Å²) in [6.07, 6.45) is -1.99. The molecule has 2 aromatic carbocycles. The molecule has 5 aliphatic heterocycles. The van der Waals surface area contributed by atoms with Gasteiger partial charge in [-0.2, -0.15) is 0 Å². The Balaban J connectivity index is 0. The van der Waals surface area contributed by atoms with Crippen LogP contribution in [0.3, 0.4) is 0 Å². The normalized spacial score (nSPS) is 24.3. The fraction of sp³-hybridized carbons (Fsp3) is 0.534. The Morgan fingerprint density at radius 3 is 1.26 bits per heavy atom. The van der Waals surface area contributed by atoms with Gasteiger partial charge >= 0.3 is 195 Å². The number of carbonyl (C=O) groups is 13. The summed E-state index contributed by atoms with van der Waals surface area (Å²) in [5, 5.41) is 16.7. The number of hydrogen-bond donors (Lipinski definition) is 5. The van der Waals surface area contributed by atoms with E-state index in [-0.39, 0.29) is 57.9 Å². The van der Waals surface area contributed by atoms with Gasteiger partial charge in [0.1, 0.15) is 17.6 Å². The minimum absolute atomic E-state index is 0. The van der Waals surface area contributed by atoms with E-state index in [1.54, 1.807) is 100 Å². The number of halogens is 7. The number of rotatable bonds is 9. The van der Waals surface area contributed by atoms with Gasteiger partial charge in [0.2, 0.25) is 30.5 Å². The summed E-state index contributed by atoms with van der Waals surface area (Å²) in [6.45, 7) is 17.7. The van der Waals surface area contributed by atoms with Crippen molar-refractivity contribution >= 4 is 146 Å². The second-order valence-corrected chi connectivity index (χ2v) is 31.9. The van der Waals surface area contributed by atoms with Crippen molar-refractivity contribution in [3.05, 3.63) is 71.8 Å². The van der Waals surface area contributed by atoms with Gasteiger partial charge in [0, 0.05) is 44.5 Å². The van der Waals surface area contributed by atoms with Gasteiger partial charge in [0.25, 0.3) is 0 Å². The third-order valence-electron chi connectivity index (χ3n) is 11.9. The number of carbonyl (C=O) groups excluding carboxylic acids is 11. The van der Waals surface area contributed by atoms with E-state index in [1.165, 1.54) is 6.92 Å². The van der Waals surface area contributed by atoms with Crippen molar-refractivity contribution in [1.82, 2.24) is 0 Å². The van der Waals surface area contributed by atoms with Crippen molar-refractivity contribution in [3.8, 4) is 0 Å². The number of cyclic esters (lactones) is 5. The molecule has 0 aromatic heterocycles. The zero-order chi connectivity index (χ0) is 72.0. The summed E-state index contributed by atoms with van der Waals surface area (Å²) in [7, 11) is 0. The predicted molar refractivity (Wildman–Crippen MR) is 345 cm³/mol. The van der Waals surface area contributed by atoms with Gasteiger partial charge in [-0.15, -0.1) is 0 Å². The van der Waals surface area contributed by atoms with E-state index in [2.05, 4.69) is 71.1 Å². The van der Waals surface area contributed by atoms with Crippen LogP contribution >= 0.6 is 55.8 Å². The number of hydrogen-bond acceptors (Lipinski definition) is 26. The minimum atomic E-state index is -1.18. The molecule has 7 rings (SSSR count). The second-order valence-electron chi connectivity index (χ2n) is 23.2.